The molecule has 14 atom stereocenters. The summed E-state index contributed by atoms with van der Waals surface area (Å²) in [5, 5.41) is 55.6. The minimum absolute atomic E-state index is 0.143. The Morgan fingerprint density at radius 3 is 2.32 bits per heavy atom. The predicted molar refractivity (Wildman–Crippen MR) is 211 cm³/mol. The Hall–Kier alpha value is -3.59. The maximum atomic E-state index is 13.8. The SMILES string of the molecule is C/C=C/[C@H]1O[C@@](O)([C@@H](C)[C@H](O)[C@H](C)[C@H]2OC(=O)C(OC)=CC(C)=C[C@@H](C)[C@@H](O)[C@@H](CC)[C@@H](O)[C@H](C)CC(C)=CC=C[C@@H]2OC)C[C@@H](OC(=O)/C=C/C(=O)O)[C@@H]1C. The first kappa shape index (κ1) is 48.6. The molecule has 1 saturated heterocycles. The quantitative estimate of drug-likeness (QED) is 0.104. The molecule has 2 aliphatic rings. The van der Waals surface area contributed by atoms with Crippen molar-refractivity contribution in [2.24, 2.45) is 35.5 Å². The van der Waals surface area contributed by atoms with Crippen molar-refractivity contribution >= 4 is 17.9 Å². The van der Waals surface area contributed by atoms with Crippen molar-refractivity contribution in [3.8, 4) is 0 Å². The molecule has 0 unspecified atom stereocenters. The molecular formula is C43H66O13. The summed E-state index contributed by atoms with van der Waals surface area (Å²) >= 11 is 0. The van der Waals surface area contributed by atoms with Crippen LogP contribution in [0.3, 0.4) is 0 Å². The lowest BCUT2D eigenvalue weighted by atomic mass is 9.77. The van der Waals surface area contributed by atoms with E-state index in [-0.39, 0.29) is 29.9 Å². The number of carboxylic acid groups (broad SMARTS) is 1. The second kappa shape index (κ2) is 22.4. The number of carbonyl (C=O) groups excluding carboxylic acids is 2. The van der Waals surface area contributed by atoms with E-state index in [9.17, 15) is 34.8 Å². The molecule has 0 radical (unpaired) electrons. The Morgan fingerprint density at radius 1 is 1.09 bits per heavy atom. The molecular weight excluding hydrogens is 724 g/mol. The van der Waals surface area contributed by atoms with Crippen LogP contribution in [0.2, 0.25) is 0 Å². The number of esters is 2. The summed E-state index contributed by atoms with van der Waals surface area (Å²) in [6.07, 6.45) is 7.61. The minimum atomic E-state index is -2.05. The van der Waals surface area contributed by atoms with Gasteiger partial charge in [-0.2, -0.15) is 0 Å². The zero-order chi connectivity index (χ0) is 42.5. The average molecular weight is 791 g/mol. The molecule has 316 valence electrons. The predicted octanol–water partition coefficient (Wildman–Crippen LogP) is 5.19. The van der Waals surface area contributed by atoms with Crippen LogP contribution in [0, 0.1) is 35.5 Å². The van der Waals surface area contributed by atoms with Crippen LogP contribution in [0.15, 0.2) is 71.6 Å². The zero-order valence-electron chi connectivity index (χ0n) is 34.8. The Morgan fingerprint density at radius 2 is 1.75 bits per heavy atom. The summed E-state index contributed by atoms with van der Waals surface area (Å²) in [6, 6.07) is 0. The molecule has 0 aromatic carbocycles. The van der Waals surface area contributed by atoms with E-state index < -0.39 is 84.2 Å². The van der Waals surface area contributed by atoms with Crippen LogP contribution < -0.4 is 0 Å². The van der Waals surface area contributed by atoms with Gasteiger partial charge in [-0.3, -0.25) is 0 Å². The first-order valence-electron chi connectivity index (χ1n) is 19.5. The van der Waals surface area contributed by atoms with Crippen LogP contribution in [0.5, 0.6) is 0 Å². The van der Waals surface area contributed by atoms with Crippen molar-refractivity contribution in [1.29, 1.82) is 0 Å². The Bertz CT molecular complexity index is 1490. The molecule has 56 heavy (non-hydrogen) atoms. The van der Waals surface area contributed by atoms with Crippen molar-refractivity contribution in [1.82, 2.24) is 0 Å². The molecule has 13 heteroatoms. The number of methoxy groups -OCH3 is 2. The number of carbonyl (C=O) groups is 3. The van der Waals surface area contributed by atoms with E-state index >= 15 is 0 Å². The first-order chi connectivity index (χ1) is 26.2. The number of cyclic esters (lactones) is 1. The van der Waals surface area contributed by atoms with E-state index in [1.54, 1.807) is 65.0 Å². The molecule has 0 aliphatic carbocycles. The van der Waals surface area contributed by atoms with Gasteiger partial charge >= 0.3 is 17.9 Å². The largest absolute Gasteiger partial charge is 0.490 e. The van der Waals surface area contributed by atoms with Crippen LogP contribution in [-0.4, -0.2) is 106 Å². The fourth-order valence-electron chi connectivity index (χ4n) is 7.64. The number of rotatable bonds is 11. The molecule has 0 saturated carbocycles. The molecule has 2 rings (SSSR count). The molecule has 0 aromatic rings. The van der Waals surface area contributed by atoms with Gasteiger partial charge in [0, 0.05) is 55.3 Å². The lowest BCUT2D eigenvalue weighted by Crippen LogP contribution is -2.58. The summed E-state index contributed by atoms with van der Waals surface area (Å²) in [5.74, 6) is -8.60. The number of aliphatic hydroxyl groups is 4. The molecule has 2 heterocycles. The highest BCUT2D eigenvalue weighted by Crippen LogP contribution is 2.41. The topological polar surface area (TPSA) is 199 Å². The molecule has 2 aliphatic heterocycles. The fraction of sp³-hybridized carbons (Fsp3) is 0.651. The van der Waals surface area contributed by atoms with Crippen LogP contribution in [-0.2, 0) is 38.1 Å². The molecule has 0 amide bonds. The normalized spacial score (nSPS) is 34.6. The van der Waals surface area contributed by atoms with E-state index in [0.29, 0.717) is 24.5 Å². The first-order valence-corrected chi connectivity index (χ1v) is 19.5. The highest BCUT2D eigenvalue weighted by Gasteiger charge is 2.52. The van der Waals surface area contributed by atoms with Crippen LogP contribution in [0.4, 0.5) is 0 Å². The van der Waals surface area contributed by atoms with E-state index in [0.717, 1.165) is 11.6 Å². The molecule has 0 spiro atoms. The number of allylic oxidation sites excluding steroid dienone is 6. The molecule has 1 fully saturated rings. The summed E-state index contributed by atoms with van der Waals surface area (Å²) in [5.41, 5.74) is 1.56. The van der Waals surface area contributed by atoms with Crippen LogP contribution >= 0.6 is 0 Å². The second-order valence-electron chi connectivity index (χ2n) is 15.5. The number of ether oxygens (including phenoxy) is 5. The number of aliphatic hydroxyl groups excluding tert-OH is 3. The van der Waals surface area contributed by atoms with Crippen molar-refractivity contribution in [2.75, 3.05) is 14.2 Å². The average Bonchev–Trinajstić information content (AvgIpc) is 3.14. The van der Waals surface area contributed by atoms with Gasteiger partial charge in [0.2, 0.25) is 5.76 Å². The van der Waals surface area contributed by atoms with Gasteiger partial charge in [-0.1, -0.05) is 89.1 Å². The van der Waals surface area contributed by atoms with E-state index in [1.165, 1.54) is 20.3 Å². The monoisotopic (exact) mass is 790 g/mol. The highest BCUT2D eigenvalue weighted by atomic mass is 16.6. The molecule has 5 N–H and O–H groups in total. The standard InChI is InChI=1S/C43H66O13/c1-12-15-32-28(7)35(54-37(46)19-18-36(44)45)23-43(51,56-32)30(9)40(49)29(8)41-33(52-10)17-14-16-24(3)20-26(5)38(47)31(13-2)39(48)27(6)21-25(4)22-34(53-11)42(50)55-41/h12,14-19,21-22,26-33,35,38-41,47-49,51H,13,20,23H2,1-11H3,(H,44,45)/b15-12+,17-14?,19-18+,24-16?,25-21?,34-22?/t26-,27-,28-,29+,30+,31+,32-,33+,35-,38+,39-,40-,41-,43-/m1/s1. The number of aliphatic carboxylic acids is 1. The lowest BCUT2D eigenvalue weighted by molar-refractivity contribution is -0.314. The van der Waals surface area contributed by atoms with Gasteiger partial charge in [-0.15, -0.1) is 0 Å². The maximum absolute atomic E-state index is 13.8. The van der Waals surface area contributed by atoms with Crippen molar-refractivity contribution in [3.63, 3.8) is 0 Å². The van der Waals surface area contributed by atoms with Crippen molar-refractivity contribution in [3.05, 3.63) is 71.6 Å². The maximum Gasteiger partial charge on any atom is 0.373 e. The van der Waals surface area contributed by atoms with E-state index in [2.05, 4.69) is 0 Å². The number of hydrogen-bond acceptors (Lipinski definition) is 12. The second-order valence-corrected chi connectivity index (χ2v) is 15.5. The van der Waals surface area contributed by atoms with Gasteiger partial charge in [-0.05, 0) is 45.6 Å². The van der Waals surface area contributed by atoms with Crippen molar-refractivity contribution < 1.29 is 63.6 Å². The summed E-state index contributed by atoms with van der Waals surface area (Å²) in [6.45, 7) is 16.2. The smallest absolute Gasteiger partial charge is 0.373 e. The molecule has 13 nitrogen and oxygen atoms in total. The Balaban J connectivity index is 2.61. The highest BCUT2D eigenvalue weighted by molar-refractivity contribution is 5.90. The van der Waals surface area contributed by atoms with Gasteiger partial charge in [-0.25, -0.2) is 14.4 Å². The third kappa shape index (κ3) is 13.2. The zero-order valence-corrected chi connectivity index (χ0v) is 34.8. The minimum Gasteiger partial charge on any atom is -0.490 e. The number of hydrogen-bond donors (Lipinski definition) is 5. The Kier molecular flexibility index (Phi) is 19.4. The van der Waals surface area contributed by atoms with Gasteiger partial charge < -0.3 is 49.2 Å². The van der Waals surface area contributed by atoms with Gasteiger partial charge in [0.1, 0.15) is 18.3 Å². The third-order valence-corrected chi connectivity index (χ3v) is 11.2. The lowest BCUT2D eigenvalue weighted by Gasteiger charge is -2.48. The van der Waals surface area contributed by atoms with Crippen molar-refractivity contribution in [2.45, 2.75) is 130 Å². The Labute approximate surface area is 332 Å². The molecule has 0 bridgehead atoms. The van der Waals surface area contributed by atoms with Crippen LogP contribution in [0.25, 0.3) is 0 Å². The fourth-order valence-corrected chi connectivity index (χ4v) is 7.64. The van der Waals surface area contributed by atoms with Gasteiger partial charge in [0.15, 0.2) is 5.79 Å². The molecule has 0 aromatic heterocycles. The van der Waals surface area contributed by atoms with Gasteiger partial charge in [0.25, 0.3) is 0 Å². The van der Waals surface area contributed by atoms with Gasteiger partial charge in [0.05, 0.1) is 31.5 Å². The van der Waals surface area contributed by atoms with E-state index in [4.69, 9.17) is 28.8 Å². The summed E-state index contributed by atoms with van der Waals surface area (Å²) in [7, 11) is 2.76. The number of carboxylic acids is 1. The van der Waals surface area contributed by atoms with Crippen LogP contribution in [0.1, 0.15) is 81.6 Å². The third-order valence-electron chi connectivity index (χ3n) is 11.2. The van der Waals surface area contributed by atoms with E-state index in [1.807, 2.05) is 33.8 Å². The summed E-state index contributed by atoms with van der Waals surface area (Å²) < 4.78 is 29.2. The summed E-state index contributed by atoms with van der Waals surface area (Å²) in [4.78, 5) is 37.3.